The minimum Gasteiger partial charge on any atom is -0.385 e. The zero-order valence-electron chi connectivity index (χ0n) is 29.7. The molecule has 260 valence electrons. The van der Waals surface area contributed by atoms with E-state index in [1.807, 2.05) is 25.1 Å². The Kier molecular flexibility index (Phi) is 9.90. The molecule has 10 nitrogen and oxygen atoms in total. The average molecular weight is 673 g/mol. The Morgan fingerprint density at radius 2 is 1.76 bits per heavy atom. The van der Waals surface area contributed by atoms with E-state index in [1.54, 1.807) is 4.90 Å². The molecule has 5 N–H and O–H groups in total. The van der Waals surface area contributed by atoms with E-state index >= 15 is 0 Å². The lowest BCUT2D eigenvalue weighted by molar-refractivity contribution is -0.131. The molecule has 2 fully saturated rings. The van der Waals surface area contributed by atoms with Crippen molar-refractivity contribution in [3.8, 4) is 6.07 Å². The van der Waals surface area contributed by atoms with Gasteiger partial charge in [-0.25, -0.2) is 0 Å². The fourth-order valence-electron chi connectivity index (χ4n) is 8.54. The Hall–Kier alpha value is -4.88. The molecule has 1 aliphatic heterocycles. The summed E-state index contributed by atoms with van der Waals surface area (Å²) in [6.45, 7) is 10.9. The van der Waals surface area contributed by atoms with Crippen molar-refractivity contribution in [3.05, 3.63) is 105 Å². The first-order chi connectivity index (χ1) is 24.0. The summed E-state index contributed by atoms with van der Waals surface area (Å²) >= 11 is 0. The Labute approximate surface area is 295 Å². The summed E-state index contributed by atoms with van der Waals surface area (Å²) in [5.74, 6) is 0.787. The van der Waals surface area contributed by atoms with Gasteiger partial charge in [-0.1, -0.05) is 60.2 Å². The number of amides is 2. The first-order valence-corrected chi connectivity index (χ1v) is 17.7. The average Bonchev–Trinajstić information content (AvgIpc) is 3.57. The molecule has 0 spiro atoms. The molecular formula is C40H48N8O2. The summed E-state index contributed by atoms with van der Waals surface area (Å²) in [7, 11) is 0. The molecule has 0 aromatic heterocycles. The fourth-order valence-corrected chi connectivity index (χ4v) is 8.54. The highest BCUT2D eigenvalue weighted by atomic mass is 16.2. The number of nitriles is 1. The van der Waals surface area contributed by atoms with Gasteiger partial charge in [-0.05, 0) is 123 Å². The van der Waals surface area contributed by atoms with Gasteiger partial charge < -0.3 is 21.3 Å². The van der Waals surface area contributed by atoms with Gasteiger partial charge in [0.1, 0.15) is 11.9 Å². The van der Waals surface area contributed by atoms with Crippen molar-refractivity contribution >= 4 is 17.6 Å². The summed E-state index contributed by atoms with van der Waals surface area (Å²) < 4.78 is 0. The van der Waals surface area contributed by atoms with E-state index in [-0.39, 0.29) is 36.3 Å². The maximum atomic E-state index is 13.9. The highest BCUT2D eigenvalue weighted by Gasteiger charge is 2.60. The largest absolute Gasteiger partial charge is 0.385 e. The van der Waals surface area contributed by atoms with Crippen LogP contribution in [0.25, 0.3) is 0 Å². The number of aryl methyl sites for hydroxylation is 5. The van der Waals surface area contributed by atoms with Crippen LogP contribution in [0.2, 0.25) is 0 Å². The second-order valence-electron chi connectivity index (χ2n) is 14.5. The summed E-state index contributed by atoms with van der Waals surface area (Å²) in [4.78, 5) is 28.7. The predicted molar refractivity (Wildman–Crippen MR) is 194 cm³/mol. The normalized spacial score (nSPS) is 24.2. The molecule has 6 rings (SSSR count). The lowest BCUT2D eigenvalue weighted by Gasteiger charge is -2.39. The Morgan fingerprint density at radius 1 is 1.06 bits per heavy atom. The van der Waals surface area contributed by atoms with E-state index in [9.17, 15) is 14.9 Å². The summed E-state index contributed by atoms with van der Waals surface area (Å²) in [6, 6.07) is 20.4. The van der Waals surface area contributed by atoms with Crippen LogP contribution in [0.1, 0.15) is 81.6 Å². The minimum atomic E-state index is -1.03. The molecule has 3 aromatic carbocycles. The standard InChI is InChI=1S/C40H48N8O2/c1-6-44-38(50)30-13-14-34-29(18-30)12-11-28-15-24(3)25(4)16-35(28)40(34,39(42)46-47-43)20-31(17-27-9-7-23(2)8-10-27)45-22-36(49)48-32(21-41)19-33-26(5)37(33)48/h7-10,13-16,18,26,31-33,37,45H,6,11-12,17,19-20,22H2,1-5H3,(H,44,50)(H3,42,43,46). The number of carbonyl (C=O) groups is 2. The fraction of sp³-hybridized carbons (Fsp3) is 0.450. The molecule has 3 aromatic rings. The number of nitrogens with one attached hydrogen (secondary N) is 3. The summed E-state index contributed by atoms with van der Waals surface area (Å²) in [6.07, 6.45) is 3.15. The van der Waals surface area contributed by atoms with E-state index in [0.29, 0.717) is 43.2 Å². The lowest BCUT2D eigenvalue weighted by Crippen LogP contribution is -2.51. The van der Waals surface area contributed by atoms with Gasteiger partial charge in [-0.2, -0.15) is 10.8 Å². The molecule has 6 unspecified atom stereocenters. The van der Waals surface area contributed by atoms with Gasteiger partial charge in [0, 0.05) is 24.2 Å². The third-order valence-corrected chi connectivity index (χ3v) is 11.4. The number of hydrogen-bond donors (Lipinski definition) is 4. The predicted octanol–water partition coefficient (Wildman–Crippen LogP) is 5.40. The lowest BCUT2D eigenvalue weighted by atomic mass is 9.66. The summed E-state index contributed by atoms with van der Waals surface area (Å²) in [5.41, 5.74) is 22.9. The van der Waals surface area contributed by atoms with Crippen LogP contribution in [0.15, 0.2) is 64.9 Å². The number of amidine groups is 1. The van der Waals surface area contributed by atoms with Gasteiger partial charge in [0.05, 0.1) is 18.0 Å². The van der Waals surface area contributed by atoms with Gasteiger partial charge in [0.2, 0.25) is 5.91 Å². The van der Waals surface area contributed by atoms with Gasteiger partial charge in [-0.15, -0.1) is 5.10 Å². The third-order valence-electron chi connectivity index (χ3n) is 11.4. The van der Waals surface area contributed by atoms with Crippen molar-refractivity contribution in [1.82, 2.24) is 15.5 Å². The SMILES string of the molecule is CCNC(=O)c1ccc2c(c1)CCc1cc(C)c(C)cc1C2(CC(Cc1ccc(C)cc1)NCC(=O)N1C(C#N)CC2C(C)C21)C(N)=NN=N. The summed E-state index contributed by atoms with van der Waals surface area (Å²) in [5, 5.41) is 24.1. The molecule has 6 atom stereocenters. The topological polar surface area (TPSA) is 160 Å². The Bertz CT molecular complexity index is 1880. The zero-order chi connectivity index (χ0) is 35.7. The van der Waals surface area contributed by atoms with Crippen LogP contribution < -0.4 is 16.4 Å². The van der Waals surface area contributed by atoms with Crippen LogP contribution in [0, 0.1) is 49.5 Å². The molecule has 3 aliphatic rings. The Balaban J connectivity index is 1.48. The second-order valence-corrected chi connectivity index (χ2v) is 14.5. The van der Waals surface area contributed by atoms with E-state index in [4.69, 9.17) is 11.3 Å². The van der Waals surface area contributed by atoms with Crippen LogP contribution in [-0.2, 0) is 29.5 Å². The number of carbonyl (C=O) groups excluding carboxylic acids is 2. The van der Waals surface area contributed by atoms with Crippen LogP contribution in [0.5, 0.6) is 0 Å². The molecule has 1 heterocycles. The molecule has 0 bridgehead atoms. The minimum absolute atomic E-state index is 0.0705. The van der Waals surface area contributed by atoms with Crippen LogP contribution >= 0.6 is 0 Å². The molecule has 50 heavy (non-hydrogen) atoms. The number of rotatable bonds is 11. The number of nitrogens with two attached hydrogens (primary N) is 1. The molecule has 2 amide bonds. The molecule has 0 radical (unpaired) electrons. The zero-order valence-corrected chi connectivity index (χ0v) is 29.7. The molecule has 10 heteroatoms. The van der Waals surface area contributed by atoms with E-state index in [1.165, 1.54) is 0 Å². The highest BCUT2D eigenvalue weighted by Crippen LogP contribution is 2.53. The highest BCUT2D eigenvalue weighted by molar-refractivity contribution is 5.98. The van der Waals surface area contributed by atoms with Crippen molar-refractivity contribution in [2.24, 2.45) is 27.9 Å². The number of piperidine rings is 1. The van der Waals surface area contributed by atoms with Crippen LogP contribution in [0.4, 0.5) is 0 Å². The number of nitrogens with zero attached hydrogens (tertiary/aromatic N) is 4. The quantitative estimate of drug-likeness (QED) is 0.0928. The van der Waals surface area contributed by atoms with Crippen molar-refractivity contribution in [2.75, 3.05) is 13.1 Å². The van der Waals surface area contributed by atoms with Gasteiger partial charge in [0.15, 0.2) is 0 Å². The van der Waals surface area contributed by atoms with Gasteiger partial charge in [-0.3, -0.25) is 9.59 Å². The van der Waals surface area contributed by atoms with Gasteiger partial charge in [0.25, 0.3) is 5.91 Å². The molecule has 1 saturated carbocycles. The van der Waals surface area contributed by atoms with Crippen molar-refractivity contribution in [1.29, 1.82) is 10.8 Å². The first-order valence-electron chi connectivity index (χ1n) is 17.7. The van der Waals surface area contributed by atoms with E-state index in [2.05, 4.69) is 91.1 Å². The Morgan fingerprint density at radius 3 is 2.44 bits per heavy atom. The van der Waals surface area contributed by atoms with Crippen molar-refractivity contribution in [3.63, 3.8) is 0 Å². The number of fused-ring (bicyclic) bond motifs is 3. The number of benzene rings is 3. The van der Waals surface area contributed by atoms with Crippen LogP contribution in [-0.4, -0.2) is 53.8 Å². The molecule has 1 saturated heterocycles. The maximum Gasteiger partial charge on any atom is 0.251 e. The first kappa shape index (κ1) is 35.0. The van der Waals surface area contributed by atoms with Crippen molar-refractivity contribution in [2.45, 2.75) is 90.3 Å². The monoisotopic (exact) mass is 672 g/mol. The maximum absolute atomic E-state index is 13.9. The van der Waals surface area contributed by atoms with Gasteiger partial charge >= 0.3 is 0 Å². The number of likely N-dealkylation sites (tertiary alicyclic amines) is 1. The third kappa shape index (κ3) is 6.42. The van der Waals surface area contributed by atoms with E-state index in [0.717, 1.165) is 57.3 Å². The number of hydrogen-bond acceptors (Lipinski definition) is 6. The second kappa shape index (κ2) is 14.2. The smallest absolute Gasteiger partial charge is 0.251 e. The van der Waals surface area contributed by atoms with Crippen molar-refractivity contribution < 1.29 is 9.59 Å². The van der Waals surface area contributed by atoms with Crippen LogP contribution in [0.3, 0.4) is 0 Å². The molecular weight excluding hydrogens is 624 g/mol. The van der Waals surface area contributed by atoms with E-state index < -0.39 is 11.5 Å². The molecule has 2 aliphatic carbocycles.